The van der Waals surface area contributed by atoms with Crippen LogP contribution in [0.25, 0.3) is 22.4 Å². The SMILES string of the molecule is C=C(/C(=C/C)c1c(-c2[nH]ncc2[C@H](C)CC)cc(C(F)(F)F)cc1C(C)C)c1c(F)cc(OC(F)F)cc1F. The molecule has 1 aromatic heterocycles. The van der Waals surface area contributed by atoms with E-state index in [9.17, 15) is 22.0 Å². The third-order valence-corrected chi connectivity index (χ3v) is 6.63. The molecule has 0 saturated carbocycles. The molecule has 0 amide bonds. The Balaban J connectivity index is 2.36. The zero-order chi connectivity index (χ0) is 29.2. The zero-order valence-corrected chi connectivity index (χ0v) is 22.1. The summed E-state index contributed by atoms with van der Waals surface area (Å²) in [6, 6.07) is 3.22. The number of aromatic amines is 1. The van der Waals surface area contributed by atoms with Crippen LogP contribution in [0.4, 0.5) is 30.7 Å². The molecule has 3 nitrogen and oxygen atoms in total. The lowest BCUT2D eigenvalue weighted by molar-refractivity contribution is -0.137. The van der Waals surface area contributed by atoms with Crippen LogP contribution in [0.3, 0.4) is 0 Å². The van der Waals surface area contributed by atoms with Crippen LogP contribution in [0, 0.1) is 11.6 Å². The van der Waals surface area contributed by atoms with E-state index < -0.39 is 47.2 Å². The van der Waals surface area contributed by atoms with Crippen molar-refractivity contribution in [3.8, 4) is 17.0 Å². The quantitative estimate of drug-likeness (QED) is 0.211. The van der Waals surface area contributed by atoms with Gasteiger partial charge >= 0.3 is 12.8 Å². The molecule has 0 bridgehead atoms. The molecule has 3 rings (SSSR count). The number of nitrogens with one attached hydrogen (secondary N) is 1. The maximum Gasteiger partial charge on any atom is 0.416 e. The Morgan fingerprint density at radius 1 is 1.03 bits per heavy atom. The van der Waals surface area contributed by atoms with E-state index in [-0.39, 0.29) is 28.2 Å². The van der Waals surface area contributed by atoms with Gasteiger partial charge in [-0.05, 0) is 59.6 Å². The fourth-order valence-electron chi connectivity index (χ4n) is 4.50. The number of hydrogen-bond acceptors (Lipinski definition) is 2. The molecule has 39 heavy (non-hydrogen) atoms. The minimum atomic E-state index is -4.67. The van der Waals surface area contributed by atoms with Gasteiger partial charge in [-0.25, -0.2) is 8.78 Å². The summed E-state index contributed by atoms with van der Waals surface area (Å²) in [5.74, 6) is -3.63. The minimum Gasteiger partial charge on any atom is -0.435 e. The van der Waals surface area contributed by atoms with Gasteiger partial charge in [-0.2, -0.15) is 27.1 Å². The van der Waals surface area contributed by atoms with Gasteiger partial charge in [0, 0.05) is 23.3 Å². The van der Waals surface area contributed by atoms with Gasteiger partial charge in [-0.15, -0.1) is 0 Å². The third-order valence-electron chi connectivity index (χ3n) is 6.63. The van der Waals surface area contributed by atoms with Crippen LogP contribution in [0.5, 0.6) is 5.75 Å². The normalized spacial score (nSPS) is 13.3. The van der Waals surface area contributed by atoms with Gasteiger partial charge in [-0.3, -0.25) is 5.10 Å². The summed E-state index contributed by atoms with van der Waals surface area (Å²) in [4.78, 5) is 0. The van der Waals surface area contributed by atoms with Crippen LogP contribution in [0.15, 0.2) is 43.1 Å². The van der Waals surface area contributed by atoms with Crippen LogP contribution < -0.4 is 4.74 Å². The molecule has 0 saturated heterocycles. The van der Waals surface area contributed by atoms with Crippen molar-refractivity contribution in [3.63, 3.8) is 0 Å². The first-order chi connectivity index (χ1) is 18.2. The largest absolute Gasteiger partial charge is 0.435 e. The van der Waals surface area contributed by atoms with E-state index in [1.165, 1.54) is 6.08 Å². The van der Waals surface area contributed by atoms with Gasteiger partial charge in [0.15, 0.2) is 0 Å². The van der Waals surface area contributed by atoms with Gasteiger partial charge in [-0.1, -0.05) is 40.3 Å². The van der Waals surface area contributed by atoms with Crippen LogP contribution in [-0.4, -0.2) is 16.8 Å². The molecule has 1 N–H and O–H groups in total. The highest BCUT2D eigenvalue weighted by molar-refractivity contribution is 6.08. The Morgan fingerprint density at radius 3 is 2.13 bits per heavy atom. The molecule has 210 valence electrons. The van der Waals surface area contributed by atoms with Gasteiger partial charge in [0.05, 0.1) is 23.0 Å². The van der Waals surface area contributed by atoms with Crippen LogP contribution in [0.1, 0.15) is 80.7 Å². The van der Waals surface area contributed by atoms with Gasteiger partial charge < -0.3 is 4.74 Å². The number of rotatable bonds is 9. The molecule has 0 radical (unpaired) electrons. The van der Waals surface area contributed by atoms with Gasteiger partial charge in [0.25, 0.3) is 0 Å². The lowest BCUT2D eigenvalue weighted by Crippen LogP contribution is -2.11. The van der Waals surface area contributed by atoms with E-state index >= 15 is 8.78 Å². The molecule has 2 aromatic carbocycles. The van der Waals surface area contributed by atoms with Crippen molar-refractivity contribution in [2.24, 2.45) is 0 Å². The molecule has 3 aromatic rings. The van der Waals surface area contributed by atoms with Crippen molar-refractivity contribution in [3.05, 3.63) is 82.6 Å². The first-order valence-electron chi connectivity index (χ1n) is 12.3. The van der Waals surface area contributed by atoms with Crippen molar-refractivity contribution in [2.45, 2.75) is 65.7 Å². The molecule has 0 aliphatic heterocycles. The Bertz CT molecular complexity index is 1360. The van der Waals surface area contributed by atoms with Crippen molar-refractivity contribution in [1.29, 1.82) is 0 Å². The average Bonchev–Trinajstić information content (AvgIpc) is 3.32. The first-order valence-corrected chi connectivity index (χ1v) is 12.3. The second-order valence-electron chi connectivity index (χ2n) is 9.47. The highest BCUT2D eigenvalue weighted by Gasteiger charge is 2.34. The van der Waals surface area contributed by atoms with E-state index in [1.54, 1.807) is 27.0 Å². The number of aromatic nitrogens is 2. The molecule has 0 unspecified atom stereocenters. The summed E-state index contributed by atoms with van der Waals surface area (Å²) in [7, 11) is 0. The van der Waals surface area contributed by atoms with Crippen LogP contribution >= 0.6 is 0 Å². The van der Waals surface area contributed by atoms with Crippen molar-refractivity contribution in [1.82, 2.24) is 10.2 Å². The summed E-state index contributed by atoms with van der Waals surface area (Å²) >= 11 is 0. The maximum atomic E-state index is 15.1. The molecule has 10 heteroatoms. The van der Waals surface area contributed by atoms with Crippen LogP contribution in [-0.2, 0) is 6.18 Å². The van der Waals surface area contributed by atoms with E-state index in [1.807, 2.05) is 13.8 Å². The molecular formula is C29H29F7N2O. The summed E-state index contributed by atoms with van der Waals surface area (Å²) in [6.45, 7) is 9.40. The van der Waals surface area contributed by atoms with Gasteiger partial charge in [0.2, 0.25) is 0 Å². The minimum absolute atomic E-state index is 0.0573. The Labute approximate surface area is 222 Å². The first kappa shape index (κ1) is 30.0. The summed E-state index contributed by atoms with van der Waals surface area (Å²) in [5, 5.41) is 6.90. The highest BCUT2D eigenvalue weighted by Crippen LogP contribution is 2.46. The topological polar surface area (TPSA) is 37.9 Å². The monoisotopic (exact) mass is 554 g/mol. The number of allylic oxidation sites excluding steroid dienone is 3. The van der Waals surface area contributed by atoms with Crippen molar-refractivity contribution >= 4 is 11.1 Å². The average molecular weight is 555 g/mol. The number of benzene rings is 2. The number of alkyl halides is 5. The van der Waals surface area contributed by atoms with Crippen molar-refractivity contribution < 1.29 is 35.5 Å². The van der Waals surface area contributed by atoms with E-state index in [2.05, 4.69) is 21.5 Å². The fourth-order valence-corrected chi connectivity index (χ4v) is 4.50. The number of halogens is 7. The zero-order valence-electron chi connectivity index (χ0n) is 22.1. The lowest BCUT2D eigenvalue weighted by atomic mass is 9.80. The number of hydrogen-bond donors (Lipinski definition) is 1. The van der Waals surface area contributed by atoms with Crippen LogP contribution in [0.2, 0.25) is 0 Å². The summed E-state index contributed by atoms with van der Waals surface area (Å²) in [6.07, 6.45) is -0.931. The highest BCUT2D eigenvalue weighted by atomic mass is 19.4. The molecule has 0 aliphatic rings. The Kier molecular flexibility index (Phi) is 8.98. The summed E-state index contributed by atoms with van der Waals surface area (Å²) in [5.41, 5.74) is 0.243. The maximum absolute atomic E-state index is 15.1. The molecule has 1 heterocycles. The second-order valence-corrected chi connectivity index (χ2v) is 9.47. The van der Waals surface area contributed by atoms with E-state index in [0.717, 1.165) is 12.1 Å². The molecular weight excluding hydrogens is 525 g/mol. The fraction of sp³-hybridized carbons (Fsp3) is 0.345. The van der Waals surface area contributed by atoms with Gasteiger partial charge in [0.1, 0.15) is 17.4 Å². The molecule has 0 spiro atoms. The molecule has 1 atom stereocenters. The van der Waals surface area contributed by atoms with E-state index in [0.29, 0.717) is 35.4 Å². The predicted molar refractivity (Wildman–Crippen MR) is 137 cm³/mol. The number of H-pyrrole nitrogens is 1. The molecule has 0 fully saturated rings. The lowest BCUT2D eigenvalue weighted by Gasteiger charge is -2.24. The van der Waals surface area contributed by atoms with E-state index in [4.69, 9.17) is 0 Å². The second kappa shape index (κ2) is 11.7. The number of ether oxygens (including phenoxy) is 1. The standard InChI is InChI=1S/C29H29F7N2O/c1-7-15(5)22-13-37-38-27(22)21-10-17(29(34,35)36)9-20(14(3)4)26(21)19(8-2)16(6)25-23(30)11-18(12-24(25)31)39-28(32)33/h8-15,28H,6-7H2,1-5H3,(H,37,38)/b19-8-/t15-/m1/s1. The Hall–Kier alpha value is -3.56. The third kappa shape index (κ3) is 6.20. The predicted octanol–water partition coefficient (Wildman–Crippen LogP) is 9.73. The summed E-state index contributed by atoms with van der Waals surface area (Å²) < 4.78 is 102. The number of nitrogens with zero attached hydrogens (tertiary/aromatic N) is 1. The molecule has 0 aliphatic carbocycles. The van der Waals surface area contributed by atoms with Crippen molar-refractivity contribution in [2.75, 3.05) is 0 Å². The smallest absolute Gasteiger partial charge is 0.416 e. The Morgan fingerprint density at radius 2 is 1.64 bits per heavy atom.